The second kappa shape index (κ2) is 5.70. The molecule has 1 unspecified atom stereocenters. The van der Waals surface area contributed by atoms with Gasteiger partial charge in [-0.2, -0.15) is 0 Å². The maximum absolute atomic E-state index is 11.6. The number of benzene rings is 1. The molecule has 2 N–H and O–H groups in total. The standard InChI is InChI=1S/C13H18N2O4S/c1-3-20(17,18)8-9(2)14-10-4-5-12-11(6-10)15-13(16)7-19-12/h4-6,9,14H,3,7-8H2,1-2H3,(H,15,16). The van der Waals surface area contributed by atoms with Gasteiger partial charge in [-0.3, -0.25) is 4.79 Å². The van der Waals surface area contributed by atoms with Crippen LogP contribution in [0.1, 0.15) is 13.8 Å². The van der Waals surface area contributed by atoms with E-state index in [1.165, 1.54) is 0 Å². The number of ether oxygens (including phenoxy) is 1. The topological polar surface area (TPSA) is 84.5 Å². The lowest BCUT2D eigenvalue weighted by Gasteiger charge is -2.20. The normalized spacial score (nSPS) is 15.8. The van der Waals surface area contributed by atoms with Gasteiger partial charge in [0.05, 0.1) is 11.4 Å². The van der Waals surface area contributed by atoms with Gasteiger partial charge in [0.2, 0.25) is 0 Å². The van der Waals surface area contributed by atoms with Crippen molar-refractivity contribution in [1.29, 1.82) is 0 Å². The van der Waals surface area contributed by atoms with Gasteiger partial charge >= 0.3 is 0 Å². The van der Waals surface area contributed by atoms with E-state index in [1.807, 2.05) is 6.92 Å². The summed E-state index contributed by atoms with van der Waals surface area (Å²) in [7, 11) is -3.02. The molecule has 1 atom stereocenters. The number of amides is 1. The molecule has 1 aromatic carbocycles. The highest BCUT2D eigenvalue weighted by atomic mass is 32.2. The number of carbonyl (C=O) groups is 1. The minimum atomic E-state index is -3.02. The van der Waals surface area contributed by atoms with Gasteiger partial charge in [-0.1, -0.05) is 6.92 Å². The van der Waals surface area contributed by atoms with Crippen molar-refractivity contribution in [2.45, 2.75) is 19.9 Å². The average molecular weight is 298 g/mol. The molecule has 0 radical (unpaired) electrons. The fourth-order valence-corrected chi connectivity index (χ4v) is 3.08. The summed E-state index contributed by atoms with van der Waals surface area (Å²) in [6, 6.07) is 5.07. The van der Waals surface area contributed by atoms with Crippen LogP contribution < -0.4 is 15.4 Å². The molecule has 20 heavy (non-hydrogen) atoms. The van der Waals surface area contributed by atoms with Crippen LogP contribution in [0, 0.1) is 0 Å². The smallest absolute Gasteiger partial charge is 0.262 e. The molecule has 110 valence electrons. The minimum absolute atomic E-state index is 0.0188. The number of sulfone groups is 1. The Morgan fingerprint density at radius 3 is 2.90 bits per heavy atom. The summed E-state index contributed by atoms with van der Waals surface area (Å²) in [4.78, 5) is 11.2. The maximum atomic E-state index is 11.6. The highest BCUT2D eigenvalue weighted by molar-refractivity contribution is 7.91. The number of hydrogen-bond acceptors (Lipinski definition) is 5. The fraction of sp³-hybridized carbons (Fsp3) is 0.462. The molecule has 1 amide bonds. The molecule has 7 heteroatoms. The predicted octanol–water partition coefficient (Wildman–Crippen LogP) is 1.25. The largest absolute Gasteiger partial charge is 0.482 e. The van der Waals surface area contributed by atoms with Gasteiger partial charge in [0, 0.05) is 17.5 Å². The van der Waals surface area contributed by atoms with Crippen molar-refractivity contribution in [3.05, 3.63) is 18.2 Å². The molecule has 0 bridgehead atoms. The number of hydrogen-bond donors (Lipinski definition) is 2. The number of nitrogens with one attached hydrogen (secondary N) is 2. The van der Waals surface area contributed by atoms with Gasteiger partial charge in [-0.25, -0.2) is 8.42 Å². The SMILES string of the molecule is CCS(=O)(=O)CC(C)Nc1ccc2c(c1)NC(=O)CO2. The monoisotopic (exact) mass is 298 g/mol. The van der Waals surface area contributed by atoms with Crippen LogP contribution >= 0.6 is 0 Å². The van der Waals surface area contributed by atoms with Crippen LogP contribution in [0.5, 0.6) is 5.75 Å². The summed E-state index contributed by atoms with van der Waals surface area (Å²) in [5.41, 5.74) is 1.34. The van der Waals surface area contributed by atoms with Crippen molar-refractivity contribution in [3.8, 4) is 5.75 Å². The Hall–Kier alpha value is -1.76. The number of fused-ring (bicyclic) bond motifs is 1. The first-order valence-corrected chi connectivity index (χ1v) is 8.25. The van der Waals surface area contributed by atoms with E-state index in [0.29, 0.717) is 11.4 Å². The summed E-state index contributed by atoms with van der Waals surface area (Å²) in [6.45, 7) is 3.46. The Balaban J connectivity index is 2.07. The molecule has 0 spiro atoms. The molecular formula is C13H18N2O4S. The van der Waals surface area contributed by atoms with Crippen molar-refractivity contribution in [2.24, 2.45) is 0 Å². The third kappa shape index (κ3) is 3.63. The molecule has 0 aromatic heterocycles. The van der Waals surface area contributed by atoms with Crippen molar-refractivity contribution < 1.29 is 17.9 Å². The summed E-state index contributed by atoms with van der Waals surface area (Å²) in [6.07, 6.45) is 0. The molecule has 1 aliphatic heterocycles. The van der Waals surface area contributed by atoms with Crippen LogP contribution in [0.3, 0.4) is 0 Å². The Labute approximate surface area is 118 Å². The Bertz CT molecular complexity index is 613. The third-order valence-corrected chi connectivity index (χ3v) is 4.86. The molecule has 6 nitrogen and oxygen atoms in total. The van der Waals surface area contributed by atoms with E-state index in [9.17, 15) is 13.2 Å². The van der Waals surface area contributed by atoms with Crippen molar-refractivity contribution in [3.63, 3.8) is 0 Å². The molecule has 0 saturated carbocycles. The lowest BCUT2D eigenvalue weighted by molar-refractivity contribution is -0.118. The lowest BCUT2D eigenvalue weighted by Crippen LogP contribution is -2.27. The van der Waals surface area contributed by atoms with Crippen molar-refractivity contribution in [1.82, 2.24) is 0 Å². The van der Waals surface area contributed by atoms with Crippen LogP contribution in [0.2, 0.25) is 0 Å². The Morgan fingerprint density at radius 2 is 2.20 bits per heavy atom. The van der Waals surface area contributed by atoms with Gasteiger partial charge in [0.25, 0.3) is 5.91 Å². The molecule has 1 heterocycles. The first-order valence-electron chi connectivity index (χ1n) is 6.43. The predicted molar refractivity (Wildman–Crippen MR) is 78.0 cm³/mol. The molecule has 0 fully saturated rings. The van der Waals surface area contributed by atoms with Gasteiger partial charge in [-0.05, 0) is 25.1 Å². The van der Waals surface area contributed by atoms with Crippen LogP contribution in [0.4, 0.5) is 11.4 Å². The third-order valence-electron chi connectivity index (χ3n) is 2.97. The first kappa shape index (κ1) is 14.6. The van der Waals surface area contributed by atoms with E-state index in [0.717, 1.165) is 5.69 Å². The van der Waals surface area contributed by atoms with Crippen LogP contribution in [-0.2, 0) is 14.6 Å². The van der Waals surface area contributed by atoms with E-state index in [1.54, 1.807) is 25.1 Å². The molecule has 1 aromatic rings. The second-order valence-corrected chi connectivity index (χ2v) is 7.19. The van der Waals surface area contributed by atoms with E-state index < -0.39 is 9.84 Å². The summed E-state index contributed by atoms with van der Waals surface area (Å²) >= 11 is 0. The van der Waals surface area contributed by atoms with Crippen LogP contribution in [0.25, 0.3) is 0 Å². The van der Waals surface area contributed by atoms with Crippen LogP contribution in [0.15, 0.2) is 18.2 Å². The maximum Gasteiger partial charge on any atom is 0.262 e. The van der Waals surface area contributed by atoms with Gasteiger partial charge in [0.15, 0.2) is 16.4 Å². The minimum Gasteiger partial charge on any atom is -0.482 e. The molecular weight excluding hydrogens is 280 g/mol. The van der Waals surface area contributed by atoms with Gasteiger partial charge in [-0.15, -0.1) is 0 Å². The van der Waals surface area contributed by atoms with E-state index >= 15 is 0 Å². The lowest BCUT2D eigenvalue weighted by atomic mass is 10.2. The second-order valence-electron chi connectivity index (χ2n) is 4.79. The number of anilines is 2. The first-order chi connectivity index (χ1) is 9.39. The van der Waals surface area contributed by atoms with Crippen LogP contribution in [-0.4, -0.2) is 38.5 Å². The highest BCUT2D eigenvalue weighted by Gasteiger charge is 2.17. The Morgan fingerprint density at radius 1 is 1.45 bits per heavy atom. The molecule has 2 rings (SSSR count). The van der Waals surface area contributed by atoms with Gasteiger partial charge < -0.3 is 15.4 Å². The molecule has 0 saturated heterocycles. The fourth-order valence-electron chi connectivity index (χ4n) is 2.00. The molecule has 1 aliphatic rings. The highest BCUT2D eigenvalue weighted by Crippen LogP contribution is 2.30. The van der Waals surface area contributed by atoms with E-state index in [4.69, 9.17) is 4.74 Å². The van der Waals surface area contributed by atoms with Crippen molar-refractivity contribution >= 4 is 27.1 Å². The quantitative estimate of drug-likeness (QED) is 0.854. The summed E-state index contributed by atoms with van der Waals surface area (Å²) < 4.78 is 28.4. The average Bonchev–Trinajstić information content (AvgIpc) is 2.37. The summed E-state index contributed by atoms with van der Waals surface area (Å²) in [5, 5.41) is 5.82. The number of rotatable bonds is 5. The van der Waals surface area contributed by atoms with E-state index in [2.05, 4.69) is 10.6 Å². The number of carbonyl (C=O) groups excluding carboxylic acids is 1. The van der Waals surface area contributed by atoms with Crippen molar-refractivity contribution in [2.75, 3.05) is 28.7 Å². The van der Waals surface area contributed by atoms with Gasteiger partial charge in [0.1, 0.15) is 5.75 Å². The zero-order valence-corrected chi connectivity index (χ0v) is 12.3. The zero-order valence-electron chi connectivity index (χ0n) is 11.5. The zero-order chi connectivity index (χ0) is 14.8. The molecule has 0 aliphatic carbocycles. The summed E-state index contributed by atoms with van der Waals surface area (Å²) in [5.74, 6) is 0.622. The Kier molecular flexibility index (Phi) is 4.17. The van der Waals surface area contributed by atoms with E-state index in [-0.39, 0.29) is 30.1 Å².